The van der Waals surface area contributed by atoms with Crippen LogP contribution in [0.3, 0.4) is 0 Å². The third kappa shape index (κ3) is 3.23. The van der Waals surface area contributed by atoms with Gasteiger partial charge in [0.15, 0.2) is 0 Å². The Morgan fingerprint density at radius 3 is 2.41 bits per heavy atom. The maximum atomic E-state index is 11.8. The van der Waals surface area contributed by atoms with E-state index in [-0.39, 0.29) is 0 Å². The van der Waals surface area contributed by atoms with Crippen LogP contribution in [0.2, 0.25) is 0 Å². The zero-order valence-corrected chi connectivity index (χ0v) is 9.55. The van der Waals surface area contributed by atoms with Crippen molar-refractivity contribution in [2.24, 2.45) is 0 Å². The molecule has 0 aliphatic carbocycles. The summed E-state index contributed by atoms with van der Waals surface area (Å²) in [6, 6.07) is 3.09. The lowest BCUT2D eigenvalue weighted by atomic mass is 10.0. The Morgan fingerprint density at radius 2 is 1.94 bits per heavy atom. The molecule has 0 radical (unpaired) electrons. The van der Waals surface area contributed by atoms with Crippen LogP contribution < -0.4 is 5.32 Å². The first-order valence-corrected chi connectivity index (χ1v) is 5.14. The van der Waals surface area contributed by atoms with Crippen molar-refractivity contribution in [1.82, 2.24) is 10.3 Å². The van der Waals surface area contributed by atoms with Crippen molar-refractivity contribution in [2.75, 3.05) is 19.8 Å². The van der Waals surface area contributed by atoms with E-state index in [1.807, 2.05) is 0 Å². The molecule has 6 nitrogen and oxygen atoms in total. The Kier molecular flexibility index (Phi) is 4.56. The number of aliphatic hydroxyl groups excluding tert-OH is 3. The number of aryl methyl sites for hydroxylation is 1. The first-order chi connectivity index (χ1) is 8.06. The van der Waals surface area contributed by atoms with Crippen LogP contribution in [-0.2, 0) is 0 Å². The molecule has 0 unspecified atom stereocenters. The summed E-state index contributed by atoms with van der Waals surface area (Å²) < 4.78 is 0. The van der Waals surface area contributed by atoms with Crippen molar-refractivity contribution in [1.29, 1.82) is 0 Å². The van der Waals surface area contributed by atoms with E-state index in [1.54, 1.807) is 13.0 Å². The van der Waals surface area contributed by atoms with E-state index >= 15 is 0 Å². The van der Waals surface area contributed by atoms with Gasteiger partial charge in [0.25, 0.3) is 5.91 Å². The van der Waals surface area contributed by atoms with Crippen LogP contribution >= 0.6 is 0 Å². The molecule has 6 heteroatoms. The van der Waals surface area contributed by atoms with E-state index in [2.05, 4.69) is 10.3 Å². The molecule has 1 heterocycles. The highest BCUT2D eigenvalue weighted by atomic mass is 16.3. The molecule has 94 valence electrons. The fourth-order valence-electron chi connectivity index (χ4n) is 1.27. The number of hydrogen-bond acceptors (Lipinski definition) is 5. The van der Waals surface area contributed by atoms with E-state index in [1.165, 1.54) is 12.3 Å². The Labute approximate surface area is 98.9 Å². The van der Waals surface area contributed by atoms with Crippen LogP contribution in [0.1, 0.15) is 16.1 Å². The minimum absolute atomic E-state index is 0.359. The molecule has 0 bridgehead atoms. The summed E-state index contributed by atoms with van der Waals surface area (Å²) in [5.41, 5.74) is -0.369. The summed E-state index contributed by atoms with van der Waals surface area (Å²) >= 11 is 0. The van der Waals surface area contributed by atoms with E-state index in [4.69, 9.17) is 15.3 Å². The number of aromatic nitrogens is 1. The van der Waals surface area contributed by atoms with E-state index in [0.717, 1.165) is 0 Å². The van der Waals surface area contributed by atoms with Crippen LogP contribution in [0.15, 0.2) is 18.3 Å². The van der Waals surface area contributed by atoms with Crippen LogP contribution in [0, 0.1) is 6.92 Å². The van der Waals surface area contributed by atoms with Crippen LogP contribution in [0.5, 0.6) is 0 Å². The average molecular weight is 240 g/mol. The summed E-state index contributed by atoms with van der Waals surface area (Å²) in [6.07, 6.45) is 1.49. The number of carbonyl (C=O) groups is 1. The van der Waals surface area contributed by atoms with Gasteiger partial charge in [0.2, 0.25) is 0 Å². The van der Waals surface area contributed by atoms with E-state index in [9.17, 15) is 4.79 Å². The van der Waals surface area contributed by atoms with Gasteiger partial charge in [0, 0.05) is 17.5 Å². The number of nitrogens with zero attached hydrogens (tertiary/aromatic N) is 1. The fourth-order valence-corrected chi connectivity index (χ4v) is 1.27. The summed E-state index contributed by atoms with van der Waals surface area (Å²) in [7, 11) is 0. The lowest BCUT2D eigenvalue weighted by Gasteiger charge is -2.28. The van der Waals surface area contributed by atoms with Crippen LogP contribution in [0.4, 0.5) is 0 Å². The van der Waals surface area contributed by atoms with Crippen molar-refractivity contribution in [2.45, 2.75) is 12.5 Å². The highest BCUT2D eigenvalue weighted by Crippen LogP contribution is 2.06. The van der Waals surface area contributed by atoms with E-state index in [0.29, 0.717) is 11.3 Å². The first kappa shape index (κ1) is 13.6. The largest absolute Gasteiger partial charge is 0.394 e. The zero-order valence-electron chi connectivity index (χ0n) is 9.55. The number of rotatable bonds is 5. The van der Waals surface area contributed by atoms with Gasteiger partial charge in [0.05, 0.1) is 19.8 Å². The molecule has 0 aromatic carbocycles. The second kappa shape index (κ2) is 5.72. The predicted octanol–water partition coefficient (Wildman–Crippen LogP) is -1.16. The maximum Gasteiger partial charge on any atom is 0.252 e. The molecular weight excluding hydrogens is 224 g/mol. The lowest BCUT2D eigenvalue weighted by Crippen LogP contribution is -2.57. The van der Waals surface area contributed by atoms with Gasteiger partial charge in [-0.3, -0.25) is 9.78 Å². The molecule has 0 atom stereocenters. The third-order valence-corrected chi connectivity index (χ3v) is 2.45. The molecule has 0 spiro atoms. The zero-order chi connectivity index (χ0) is 12.9. The molecule has 17 heavy (non-hydrogen) atoms. The van der Waals surface area contributed by atoms with Crippen molar-refractivity contribution in [3.8, 4) is 0 Å². The standard InChI is InChI=1S/C11H16N2O4/c1-8-4-9(2-3-12-8)10(17)13-11(5-14,6-15)7-16/h2-4,14-16H,5-7H2,1H3,(H,13,17). The highest BCUT2D eigenvalue weighted by molar-refractivity contribution is 5.94. The Morgan fingerprint density at radius 1 is 1.35 bits per heavy atom. The van der Waals surface area contributed by atoms with Gasteiger partial charge in [-0.15, -0.1) is 0 Å². The second-order valence-electron chi connectivity index (χ2n) is 3.89. The number of amides is 1. The molecule has 0 aliphatic rings. The molecule has 1 rings (SSSR count). The predicted molar refractivity (Wildman–Crippen MR) is 60.4 cm³/mol. The number of carbonyl (C=O) groups excluding carboxylic acids is 1. The monoisotopic (exact) mass is 240 g/mol. The van der Waals surface area contributed by atoms with Gasteiger partial charge in [-0.05, 0) is 19.1 Å². The summed E-state index contributed by atoms with van der Waals surface area (Å²) in [6.45, 7) is 0.107. The summed E-state index contributed by atoms with van der Waals surface area (Å²) in [5.74, 6) is -0.479. The second-order valence-corrected chi connectivity index (χ2v) is 3.89. The van der Waals surface area contributed by atoms with E-state index < -0.39 is 31.3 Å². The molecule has 0 saturated heterocycles. The third-order valence-electron chi connectivity index (χ3n) is 2.45. The maximum absolute atomic E-state index is 11.8. The molecule has 4 N–H and O–H groups in total. The SMILES string of the molecule is Cc1cc(C(=O)NC(CO)(CO)CO)ccn1. The van der Waals surface area contributed by atoms with Gasteiger partial charge < -0.3 is 20.6 Å². The Balaban J connectivity index is 2.84. The number of nitrogens with one attached hydrogen (secondary N) is 1. The van der Waals surface area contributed by atoms with Gasteiger partial charge in [0.1, 0.15) is 5.54 Å². The molecular formula is C11H16N2O4. The normalized spacial score (nSPS) is 11.3. The van der Waals surface area contributed by atoms with Crippen molar-refractivity contribution in [3.05, 3.63) is 29.6 Å². The van der Waals surface area contributed by atoms with Crippen molar-refractivity contribution in [3.63, 3.8) is 0 Å². The minimum atomic E-state index is -1.41. The van der Waals surface area contributed by atoms with Gasteiger partial charge in [-0.25, -0.2) is 0 Å². The molecule has 0 fully saturated rings. The molecule has 1 amide bonds. The summed E-state index contributed by atoms with van der Waals surface area (Å²) in [5, 5.41) is 29.6. The molecule has 0 saturated carbocycles. The van der Waals surface area contributed by atoms with Crippen LogP contribution in [-0.4, -0.2) is 51.6 Å². The molecule has 0 aliphatic heterocycles. The molecule has 1 aromatic rings. The number of aliphatic hydroxyl groups is 3. The Bertz CT molecular complexity index is 383. The van der Waals surface area contributed by atoms with Gasteiger partial charge in [-0.1, -0.05) is 0 Å². The van der Waals surface area contributed by atoms with Crippen molar-refractivity contribution >= 4 is 5.91 Å². The highest BCUT2D eigenvalue weighted by Gasteiger charge is 2.30. The Hall–Kier alpha value is -1.50. The number of pyridine rings is 1. The smallest absolute Gasteiger partial charge is 0.252 e. The van der Waals surface area contributed by atoms with Gasteiger partial charge in [-0.2, -0.15) is 0 Å². The topological polar surface area (TPSA) is 103 Å². The minimum Gasteiger partial charge on any atom is -0.394 e. The quantitative estimate of drug-likeness (QED) is 0.519. The molecule has 1 aromatic heterocycles. The number of hydrogen-bond donors (Lipinski definition) is 4. The van der Waals surface area contributed by atoms with Crippen LogP contribution in [0.25, 0.3) is 0 Å². The first-order valence-electron chi connectivity index (χ1n) is 5.14. The summed E-state index contributed by atoms with van der Waals surface area (Å²) in [4.78, 5) is 15.8. The van der Waals surface area contributed by atoms with Gasteiger partial charge >= 0.3 is 0 Å². The fraction of sp³-hybridized carbons (Fsp3) is 0.455. The lowest BCUT2D eigenvalue weighted by molar-refractivity contribution is 0.0375. The van der Waals surface area contributed by atoms with Crippen molar-refractivity contribution < 1.29 is 20.1 Å². The average Bonchev–Trinajstić information content (AvgIpc) is 2.36.